The number of carbonyl (C=O) groups excluding carboxylic acids is 1. The number of aryl methyl sites for hydroxylation is 1. The average Bonchev–Trinajstić information content (AvgIpc) is 2.73. The molecule has 2 N–H and O–H groups in total. The quantitative estimate of drug-likeness (QED) is 0.839. The molecule has 1 amide bonds. The van der Waals surface area contributed by atoms with E-state index in [1.165, 1.54) is 12.8 Å². The smallest absolute Gasteiger partial charge is 0.269 e. The predicted octanol–water partition coefficient (Wildman–Crippen LogP) is 0.928. The molecular formula is C13H22N4O. The Hall–Kier alpha value is -1.36. The van der Waals surface area contributed by atoms with Gasteiger partial charge in [-0.3, -0.25) is 9.48 Å². The molecule has 1 fully saturated rings. The van der Waals surface area contributed by atoms with Gasteiger partial charge in [-0.05, 0) is 30.9 Å². The molecule has 1 unspecified atom stereocenters. The summed E-state index contributed by atoms with van der Waals surface area (Å²) in [4.78, 5) is 12.0. The molecule has 5 heteroatoms. The van der Waals surface area contributed by atoms with E-state index in [-0.39, 0.29) is 11.3 Å². The number of rotatable bonds is 3. The van der Waals surface area contributed by atoms with Crippen molar-refractivity contribution in [3.63, 3.8) is 0 Å². The predicted molar refractivity (Wildman–Crippen MR) is 70.3 cm³/mol. The van der Waals surface area contributed by atoms with Crippen molar-refractivity contribution in [1.29, 1.82) is 0 Å². The molecule has 18 heavy (non-hydrogen) atoms. The molecule has 2 heterocycles. The van der Waals surface area contributed by atoms with E-state index < -0.39 is 0 Å². The Morgan fingerprint density at radius 3 is 3.06 bits per heavy atom. The number of piperidine rings is 1. The van der Waals surface area contributed by atoms with Crippen molar-refractivity contribution >= 4 is 5.91 Å². The van der Waals surface area contributed by atoms with E-state index in [2.05, 4.69) is 29.6 Å². The fraction of sp³-hybridized carbons (Fsp3) is 0.692. The van der Waals surface area contributed by atoms with Gasteiger partial charge in [0.1, 0.15) is 5.69 Å². The lowest BCUT2D eigenvalue weighted by Gasteiger charge is -2.39. The first-order valence-corrected chi connectivity index (χ1v) is 6.50. The summed E-state index contributed by atoms with van der Waals surface area (Å²) in [7, 11) is 1.78. The third-order valence-electron chi connectivity index (χ3n) is 3.85. The summed E-state index contributed by atoms with van der Waals surface area (Å²) in [5.74, 6) is -0.0572. The van der Waals surface area contributed by atoms with Gasteiger partial charge in [-0.25, -0.2) is 0 Å². The summed E-state index contributed by atoms with van der Waals surface area (Å²) in [5.41, 5.74) is 0.835. The fourth-order valence-corrected chi connectivity index (χ4v) is 2.50. The number of hydrogen-bond donors (Lipinski definition) is 2. The van der Waals surface area contributed by atoms with E-state index in [0.29, 0.717) is 18.3 Å². The van der Waals surface area contributed by atoms with Gasteiger partial charge < -0.3 is 10.6 Å². The highest BCUT2D eigenvalue weighted by Crippen LogP contribution is 2.29. The van der Waals surface area contributed by atoms with Crippen LogP contribution in [0.2, 0.25) is 0 Å². The fourth-order valence-electron chi connectivity index (χ4n) is 2.50. The Kier molecular flexibility index (Phi) is 3.71. The maximum Gasteiger partial charge on any atom is 0.269 e. The van der Waals surface area contributed by atoms with Crippen LogP contribution in [0.5, 0.6) is 0 Å². The van der Waals surface area contributed by atoms with Crippen LogP contribution in [0.25, 0.3) is 0 Å². The third-order valence-corrected chi connectivity index (χ3v) is 3.85. The van der Waals surface area contributed by atoms with Crippen LogP contribution < -0.4 is 10.6 Å². The highest BCUT2D eigenvalue weighted by atomic mass is 16.2. The van der Waals surface area contributed by atoms with Crippen LogP contribution in [0.1, 0.15) is 37.2 Å². The van der Waals surface area contributed by atoms with Gasteiger partial charge in [0.05, 0.1) is 0 Å². The van der Waals surface area contributed by atoms with E-state index in [0.717, 1.165) is 6.54 Å². The molecular weight excluding hydrogens is 228 g/mol. The van der Waals surface area contributed by atoms with Crippen LogP contribution >= 0.6 is 0 Å². The molecule has 0 aromatic carbocycles. The number of aromatic nitrogens is 2. The largest absolute Gasteiger partial charge is 0.349 e. The Balaban J connectivity index is 1.91. The normalized spacial score (nSPS) is 22.7. The van der Waals surface area contributed by atoms with Crippen molar-refractivity contribution in [3.8, 4) is 0 Å². The zero-order valence-electron chi connectivity index (χ0n) is 11.4. The van der Waals surface area contributed by atoms with Crippen LogP contribution in [0, 0.1) is 5.41 Å². The first-order chi connectivity index (χ1) is 8.50. The topological polar surface area (TPSA) is 59.0 Å². The maximum absolute atomic E-state index is 12.0. The van der Waals surface area contributed by atoms with Crippen molar-refractivity contribution < 1.29 is 4.79 Å². The van der Waals surface area contributed by atoms with Gasteiger partial charge in [0.2, 0.25) is 0 Å². The summed E-state index contributed by atoms with van der Waals surface area (Å²) in [6, 6.07) is 2.07. The second kappa shape index (κ2) is 5.10. The van der Waals surface area contributed by atoms with Crippen molar-refractivity contribution in [2.45, 2.75) is 32.7 Å². The van der Waals surface area contributed by atoms with Crippen molar-refractivity contribution in [2.75, 3.05) is 13.1 Å². The van der Waals surface area contributed by atoms with Gasteiger partial charge in [0.25, 0.3) is 5.91 Å². The molecule has 2 rings (SSSR count). The minimum atomic E-state index is -0.0572. The van der Waals surface area contributed by atoms with Gasteiger partial charge in [-0.1, -0.05) is 13.8 Å². The second-order valence-electron chi connectivity index (χ2n) is 5.65. The van der Waals surface area contributed by atoms with E-state index >= 15 is 0 Å². The number of amides is 1. The molecule has 1 aliphatic heterocycles. The molecule has 100 valence electrons. The zero-order chi connectivity index (χ0) is 13.2. The average molecular weight is 250 g/mol. The molecule has 0 spiro atoms. The number of hydrogen-bond acceptors (Lipinski definition) is 3. The van der Waals surface area contributed by atoms with E-state index in [4.69, 9.17) is 0 Å². The van der Waals surface area contributed by atoms with Gasteiger partial charge in [-0.2, -0.15) is 5.10 Å². The Morgan fingerprint density at radius 1 is 1.67 bits per heavy atom. The Bertz CT molecular complexity index is 424. The highest BCUT2D eigenvalue weighted by molar-refractivity contribution is 5.92. The van der Waals surface area contributed by atoms with E-state index in [1.807, 2.05) is 0 Å². The van der Waals surface area contributed by atoms with Crippen LogP contribution in [-0.4, -0.2) is 34.8 Å². The lowest BCUT2D eigenvalue weighted by atomic mass is 9.77. The van der Waals surface area contributed by atoms with Crippen molar-refractivity contribution in [3.05, 3.63) is 18.0 Å². The first-order valence-electron chi connectivity index (χ1n) is 6.50. The monoisotopic (exact) mass is 250 g/mol. The van der Waals surface area contributed by atoms with Gasteiger partial charge in [0.15, 0.2) is 0 Å². The molecule has 1 atom stereocenters. The van der Waals surface area contributed by atoms with Crippen molar-refractivity contribution in [1.82, 2.24) is 20.4 Å². The molecule has 5 nitrogen and oxygen atoms in total. The first kappa shape index (κ1) is 13.1. The minimum absolute atomic E-state index is 0.0572. The number of carbonyl (C=O) groups is 1. The van der Waals surface area contributed by atoms with Crippen molar-refractivity contribution in [2.24, 2.45) is 12.5 Å². The van der Waals surface area contributed by atoms with Gasteiger partial charge >= 0.3 is 0 Å². The molecule has 1 aliphatic rings. The SMILES string of the molecule is Cn1nccc1C(=O)NCC1NCCCC1(C)C. The highest BCUT2D eigenvalue weighted by Gasteiger charge is 2.32. The molecule has 0 radical (unpaired) electrons. The standard InChI is InChI=1S/C13H22N4O/c1-13(2)6-4-7-14-11(13)9-15-12(18)10-5-8-16-17(10)3/h5,8,11,14H,4,6-7,9H2,1-3H3,(H,15,18). The molecule has 0 saturated carbocycles. The molecule has 1 aromatic heterocycles. The molecule has 0 bridgehead atoms. The summed E-state index contributed by atoms with van der Waals surface area (Å²) >= 11 is 0. The summed E-state index contributed by atoms with van der Waals surface area (Å²) in [5, 5.41) is 10.5. The van der Waals surface area contributed by atoms with Crippen LogP contribution in [0.15, 0.2) is 12.3 Å². The minimum Gasteiger partial charge on any atom is -0.349 e. The lowest BCUT2D eigenvalue weighted by Crippen LogP contribution is -2.52. The van der Waals surface area contributed by atoms with Gasteiger partial charge in [0, 0.05) is 25.8 Å². The molecule has 0 aliphatic carbocycles. The Labute approximate surface area is 108 Å². The maximum atomic E-state index is 12.0. The van der Waals surface area contributed by atoms with Gasteiger partial charge in [-0.15, -0.1) is 0 Å². The lowest BCUT2D eigenvalue weighted by molar-refractivity contribution is 0.0919. The summed E-state index contributed by atoms with van der Waals surface area (Å²) < 4.78 is 1.59. The van der Waals surface area contributed by atoms with E-state index in [9.17, 15) is 4.79 Å². The third kappa shape index (κ3) is 2.72. The second-order valence-corrected chi connectivity index (χ2v) is 5.65. The van der Waals surface area contributed by atoms with Crippen LogP contribution in [0.4, 0.5) is 0 Å². The van der Waals surface area contributed by atoms with Crippen LogP contribution in [0.3, 0.4) is 0 Å². The number of nitrogens with one attached hydrogen (secondary N) is 2. The summed E-state index contributed by atoms with van der Waals surface area (Å²) in [6.07, 6.45) is 4.04. The Morgan fingerprint density at radius 2 is 2.44 bits per heavy atom. The molecule has 1 aromatic rings. The summed E-state index contributed by atoms with van der Waals surface area (Å²) in [6.45, 7) is 6.20. The zero-order valence-corrected chi connectivity index (χ0v) is 11.4. The molecule has 1 saturated heterocycles. The van der Waals surface area contributed by atoms with Crippen LogP contribution in [-0.2, 0) is 7.05 Å². The van der Waals surface area contributed by atoms with E-state index in [1.54, 1.807) is 24.0 Å². The number of nitrogens with zero attached hydrogens (tertiary/aromatic N) is 2.